The Bertz CT molecular complexity index is 1140. The fourth-order valence-electron chi connectivity index (χ4n) is 3.27. The Balaban J connectivity index is 1.98. The number of ether oxygens (including phenoxy) is 4. The van der Waals surface area contributed by atoms with Crippen molar-refractivity contribution in [1.82, 2.24) is 0 Å². The van der Waals surface area contributed by atoms with Gasteiger partial charge in [0.25, 0.3) is 0 Å². The van der Waals surface area contributed by atoms with Crippen LogP contribution in [0.2, 0.25) is 0 Å². The lowest BCUT2D eigenvalue weighted by Crippen LogP contribution is -2.18. The number of carbonyl (C=O) groups is 2. The Kier molecular flexibility index (Phi) is 8.09. The molecule has 0 spiro atoms. The van der Waals surface area contributed by atoms with Crippen molar-refractivity contribution in [2.24, 2.45) is 11.8 Å². The molecule has 3 aromatic rings. The predicted molar refractivity (Wildman–Crippen MR) is 124 cm³/mol. The lowest BCUT2D eigenvalue weighted by molar-refractivity contribution is -0.147. The summed E-state index contributed by atoms with van der Waals surface area (Å²) in [5.41, 5.74) is 0. The summed E-state index contributed by atoms with van der Waals surface area (Å²) >= 11 is 0. The average Bonchev–Trinajstić information content (AvgIpc) is 2.78. The van der Waals surface area contributed by atoms with Gasteiger partial charge >= 0.3 is 11.9 Å². The largest absolute Gasteiger partial charge is 0.481 e. The van der Waals surface area contributed by atoms with Gasteiger partial charge in [-0.25, -0.2) is 14.0 Å². The molecule has 0 N–H and O–H groups in total. The molecule has 0 bridgehead atoms. The average molecular weight is 457 g/mol. The van der Waals surface area contributed by atoms with E-state index in [0.717, 1.165) is 0 Å². The van der Waals surface area contributed by atoms with Gasteiger partial charge in [0.15, 0.2) is 13.2 Å². The number of benzene rings is 3. The molecule has 0 heterocycles. The molecule has 3 rings (SSSR count). The maximum absolute atomic E-state index is 15.0. The van der Waals surface area contributed by atoms with E-state index in [1.54, 1.807) is 36.4 Å². The minimum Gasteiger partial charge on any atom is -0.481 e. The molecule has 3 aromatic carbocycles. The van der Waals surface area contributed by atoms with Gasteiger partial charge in [0.2, 0.25) is 0 Å². The molecular weight excluding hydrogens is 427 g/mol. The minimum absolute atomic E-state index is 0.165. The van der Waals surface area contributed by atoms with E-state index in [-0.39, 0.29) is 49.4 Å². The first-order valence-electron chi connectivity index (χ1n) is 11.0. The molecular formula is C26H29FO6. The molecule has 0 unspecified atom stereocenters. The molecule has 0 fully saturated rings. The van der Waals surface area contributed by atoms with Gasteiger partial charge in [0.05, 0.1) is 18.6 Å². The van der Waals surface area contributed by atoms with Gasteiger partial charge in [-0.15, -0.1) is 0 Å². The number of rotatable bonds is 10. The van der Waals surface area contributed by atoms with Gasteiger partial charge in [-0.05, 0) is 17.9 Å². The highest BCUT2D eigenvalue weighted by Gasteiger charge is 2.21. The first kappa shape index (κ1) is 24.3. The van der Waals surface area contributed by atoms with E-state index in [9.17, 15) is 14.0 Å². The van der Waals surface area contributed by atoms with Gasteiger partial charge in [-0.1, -0.05) is 64.1 Å². The van der Waals surface area contributed by atoms with Crippen molar-refractivity contribution in [1.29, 1.82) is 0 Å². The van der Waals surface area contributed by atoms with E-state index < -0.39 is 17.8 Å². The molecule has 33 heavy (non-hydrogen) atoms. The van der Waals surface area contributed by atoms with Crippen LogP contribution in [-0.2, 0) is 19.1 Å². The third-order valence-electron chi connectivity index (χ3n) is 4.73. The van der Waals surface area contributed by atoms with Crippen LogP contribution in [0.4, 0.5) is 4.39 Å². The fraction of sp³-hybridized carbons (Fsp3) is 0.385. The van der Waals surface area contributed by atoms with Crippen LogP contribution >= 0.6 is 0 Å². The van der Waals surface area contributed by atoms with Crippen LogP contribution in [0.15, 0.2) is 42.5 Å². The summed E-state index contributed by atoms with van der Waals surface area (Å²) < 4.78 is 37.0. The number of halogens is 1. The van der Waals surface area contributed by atoms with E-state index in [4.69, 9.17) is 18.9 Å². The van der Waals surface area contributed by atoms with Crippen LogP contribution < -0.4 is 9.47 Å². The maximum atomic E-state index is 15.0. The Labute approximate surface area is 192 Å². The Morgan fingerprint density at radius 1 is 0.727 bits per heavy atom. The predicted octanol–water partition coefficient (Wildman–Crippen LogP) is 5.29. The summed E-state index contributed by atoms with van der Waals surface area (Å²) in [4.78, 5) is 24.2. The first-order valence-corrected chi connectivity index (χ1v) is 11.0. The van der Waals surface area contributed by atoms with Crippen molar-refractivity contribution in [3.63, 3.8) is 0 Å². The maximum Gasteiger partial charge on any atom is 0.344 e. The van der Waals surface area contributed by atoms with Crippen LogP contribution in [0.5, 0.6) is 11.5 Å². The summed E-state index contributed by atoms with van der Waals surface area (Å²) in [6, 6.07) is 11.7. The van der Waals surface area contributed by atoms with Gasteiger partial charge in [-0.2, -0.15) is 0 Å². The first-order chi connectivity index (χ1) is 15.8. The molecule has 0 radical (unpaired) electrons. The number of hydrogen-bond donors (Lipinski definition) is 0. The van der Waals surface area contributed by atoms with Gasteiger partial charge < -0.3 is 18.9 Å². The Morgan fingerprint density at radius 2 is 1.21 bits per heavy atom. The normalized spacial score (nSPS) is 11.2. The second-order valence-electron chi connectivity index (χ2n) is 8.60. The molecule has 176 valence electrons. The Hall–Kier alpha value is -3.35. The van der Waals surface area contributed by atoms with Crippen LogP contribution in [0.25, 0.3) is 21.5 Å². The van der Waals surface area contributed by atoms with E-state index in [0.29, 0.717) is 21.9 Å². The molecule has 0 aliphatic carbocycles. The summed E-state index contributed by atoms with van der Waals surface area (Å²) in [5.74, 6) is -0.622. The summed E-state index contributed by atoms with van der Waals surface area (Å²) in [6.45, 7) is 7.63. The minimum atomic E-state index is -0.537. The van der Waals surface area contributed by atoms with E-state index >= 15 is 0 Å². The second-order valence-corrected chi connectivity index (χ2v) is 8.60. The van der Waals surface area contributed by atoms with Crippen molar-refractivity contribution in [3.8, 4) is 11.5 Å². The molecule has 0 amide bonds. The fourth-order valence-corrected chi connectivity index (χ4v) is 3.27. The number of hydrogen-bond acceptors (Lipinski definition) is 6. The van der Waals surface area contributed by atoms with Crippen molar-refractivity contribution in [3.05, 3.63) is 48.3 Å². The standard InChI is InChI=1S/C26H29FO6/c1-16(2)12-30-22(28)14-32-25-18-8-5-6-9-19(18)26(24-20(25)10-7-11-21(24)27)33-15-23(29)31-13-17(3)4/h5-11,16-17H,12-15H2,1-4H3. The zero-order valence-corrected chi connectivity index (χ0v) is 19.4. The summed E-state index contributed by atoms with van der Waals surface area (Å²) in [7, 11) is 0. The number of esters is 2. The highest BCUT2D eigenvalue weighted by molar-refractivity contribution is 6.11. The highest BCUT2D eigenvalue weighted by Crippen LogP contribution is 2.43. The van der Waals surface area contributed by atoms with Gasteiger partial charge in [0, 0.05) is 16.2 Å². The van der Waals surface area contributed by atoms with Gasteiger partial charge in [0.1, 0.15) is 17.3 Å². The number of fused-ring (bicyclic) bond motifs is 2. The second kappa shape index (κ2) is 11.0. The third kappa shape index (κ3) is 6.12. The smallest absolute Gasteiger partial charge is 0.344 e. The van der Waals surface area contributed by atoms with E-state index in [1.165, 1.54) is 6.07 Å². The van der Waals surface area contributed by atoms with Crippen LogP contribution in [-0.4, -0.2) is 38.4 Å². The zero-order valence-electron chi connectivity index (χ0n) is 19.4. The van der Waals surface area contributed by atoms with Crippen molar-refractivity contribution < 1.29 is 32.9 Å². The van der Waals surface area contributed by atoms with Crippen LogP contribution in [0.3, 0.4) is 0 Å². The lowest BCUT2D eigenvalue weighted by Gasteiger charge is -2.18. The van der Waals surface area contributed by atoms with Crippen molar-refractivity contribution in [2.75, 3.05) is 26.4 Å². The summed E-state index contributed by atoms with van der Waals surface area (Å²) in [5, 5.41) is 1.77. The van der Waals surface area contributed by atoms with E-state index in [1.807, 2.05) is 27.7 Å². The summed E-state index contributed by atoms with van der Waals surface area (Å²) in [6.07, 6.45) is 0. The topological polar surface area (TPSA) is 71.1 Å². The molecule has 0 saturated carbocycles. The molecule has 0 atom stereocenters. The van der Waals surface area contributed by atoms with Crippen LogP contribution in [0.1, 0.15) is 27.7 Å². The lowest BCUT2D eigenvalue weighted by atomic mass is 10.00. The van der Waals surface area contributed by atoms with Crippen LogP contribution in [0, 0.1) is 17.7 Å². The molecule has 0 aromatic heterocycles. The molecule has 0 saturated heterocycles. The quantitative estimate of drug-likeness (QED) is 0.305. The Morgan fingerprint density at radius 3 is 1.76 bits per heavy atom. The molecule has 0 aliphatic heterocycles. The van der Waals surface area contributed by atoms with Crippen molar-refractivity contribution in [2.45, 2.75) is 27.7 Å². The van der Waals surface area contributed by atoms with Gasteiger partial charge in [-0.3, -0.25) is 0 Å². The SMILES string of the molecule is CC(C)COC(=O)COc1c2ccccc2c(OCC(=O)OCC(C)C)c2c(F)cccc12. The zero-order chi connectivity index (χ0) is 24.0. The van der Waals surface area contributed by atoms with Crippen molar-refractivity contribution >= 4 is 33.5 Å². The van der Waals surface area contributed by atoms with E-state index in [2.05, 4.69) is 0 Å². The molecule has 7 heteroatoms. The molecule has 6 nitrogen and oxygen atoms in total. The number of carbonyl (C=O) groups excluding carboxylic acids is 2. The monoisotopic (exact) mass is 456 g/mol. The third-order valence-corrected chi connectivity index (χ3v) is 4.73. The highest BCUT2D eigenvalue weighted by atomic mass is 19.1. The molecule has 0 aliphatic rings.